The van der Waals surface area contributed by atoms with Crippen LogP contribution in [0.15, 0.2) is 0 Å². The van der Waals surface area contributed by atoms with Gasteiger partial charge in [-0.2, -0.15) is 0 Å². The van der Waals surface area contributed by atoms with Crippen LogP contribution in [-0.4, -0.2) is 18.9 Å². The number of ketones is 1. The Balaban J connectivity index is 2.32. The molecular formula is C11H16N2O2S. The number of hydrogen-bond acceptors (Lipinski definition) is 5. The van der Waals surface area contributed by atoms with E-state index in [1.54, 1.807) is 7.11 Å². The molecule has 88 valence electrons. The van der Waals surface area contributed by atoms with E-state index in [0.29, 0.717) is 28.8 Å². The Morgan fingerprint density at radius 3 is 2.81 bits per heavy atom. The van der Waals surface area contributed by atoms with Gasteiger partial charge in [0.1, 0.15) is 5.00 Å². The van der Waals surface area contributed by atoms with Crippen molar-refractivity contribution in [2.24, 2.45) is 0 Å². The second-order valence-electron chi connectivity index (χ2n) is 3.90. The number of methoxy groups -OCH3 is 1. The zero-order chi connectivity index (χ0) is 11.7. The molecule has 1 fully saturated rings. The predicted octanol–water partition coefficient (Wildman–Crippen LogP) is 2.51. The summed E-state index contributed by atoms with van der Waals surface area (Å²) < 4.78 is 5.25. The van der Waals surface area contributed by atoms with Crippen molar-refractivity contribution in [1.29, 1.82) is 0 Å². The molecule has 2 rings (SSSR count). The molecule has 0 unspecified atom stereocenters. The van der Waals surface area contributed by atoms with E-state index in [0.717, 1.165) is 5.00 Å². The lowest BCUT2D eigenvalue weighted by molar-refractivity contribution is 0.0992. The summed E-state index contributed by atoms with van der Waals surface area (Å²) in [5, 5.41) is 4.23. The molecule has 0 spiro atoms. The molecule has 1 aliphatic carbocycles. The van der Waals surface area contributed by atoms with Crippen LogP contribution in [-0.2, 0) is 0 Å². The number of nitrogen functional groups attached to an aromatic ring is 1. The number of hydrogen-bond donors (Lipinski definition) is 2. The maximum absolute atomic E-state index is 11.7. The summed E-state index contributed by atoms with van der Waals surface area (Å²) in [5.74, 6) is 0.693. The van der Waals surface area contributed by atoms with Gasteiger partial charge in [0.25, 0.3) is 0 Å². The molecule has 16 heavy (non-hydrogen) atoms. The molecule has 0 atom stereocenters. The molecule has 5 heteroatoms. The molecule has 1 aromatic rings. The fraction of sp³-hybridized carbons (Fsp3) is 0.545. The quantitative estimate of drug-likeness (QED) is 0.776. The second kappa shape index (κ2) is 4.33. The summed E-state index contributed by atoms with van der Waals surface area (Å²) in [6.45, 7) is 1.84. The first-order chi connectivity index (χ1) is 7.67. The maximum Gasteiger partial charge on any atom is 0.176 e. The Kier molecular flexibility index (Phi) is 3.05. The van der Waals surface area contributed by atoms with Crippen LogP contribution in [0.25, 0.3) is 0 Å². The van der Waals surface area contributed by atoms with Crippen molar-refractivity contribution in [3.8, 4) is 5.75 Å². The summed E-state index contributed by atoms with van der Waals surface area (Å²) in [4.78, 5) is 12.3. The number of anilines is 2. The van der Waals surface area contributed by atoms with Crippen molar-refractivity contribution in [1.82, 2.24) is 0 Å². The van der Waals surface area contributed by atoms with E-state index in [1.165, 1.54) is 24.2 Å². The molecule has 0 amide bonds. The van der Waals surface area contributed by atoms with Gasteiger partial charge in [-0.15, -0.1) is 11.3 Å². The average molecular weight is 240 g/mol. The molecule has 1 heterocycles. The van der Waals surface area contributed by atoms with Crippen molar-refractivity contribution >= 4 is 27.8 Å². The first kappa shape index (κ1) is 11.3. The number of carbonyl (C=O) groups excluding carboxylic acids is 1. The smallest absolute Gasteiger partial charge is 0.176 e. The lowest BCUT2D eigenvalue weighted by Gasteiger charge is -2.04. The standard InChI is InChI=1S/C11H16N2O2S/c1-3-7(14)10-8(12)9(15-2)11(16-10)13-6-4-5-6/h6,13H,3-5,12H2,1-2H3. The highest BCUT2D eigenvalue weighted by Gasteiger charge is 2.26. The number of nitrogens with two attached hydrogens (primary N) is 1. The fourth-order valence-electron chi connectivity index (χ4n) is 1.51. The van der Waals surface area contributed by atoms with Crippen molar-refractivity contribution in [3.05, 3.63) is 4.88 Å². The van der Waals surface area contributed by atoms with E-state index < -0.39 is 0 Å². The van der Waals surface area contributed by atoms with Gasteiger partial charge >= 0.3 is 0 Å². The first-order valence-corrected chi connectivity index (χ1v) is 6.25. The molecule has 1 aliphatic rings. The predicted molar refractivity (Wildman–Crippen MR) is 66.5 cm³/mol. The Hall–Kier alpha value is -1.23. The molecule has 0 aromatic carbocycles. The van der Waals surface area contributed by atoms with E-state index in [4.69, 9.17) is 10.5 Å². The largest absolute Gasteiger partial charge is 0.492 e. The number of carbonyl (C=O) groups is 1. The lowest BCUT2D eigenvalue weighted by Crippen LogP contribution is -2.01. The zero-order valence-corrected chi connectivity index (χ0v) is 10.3. The van der Waals surface area contributed by atoms with Crippen molar-refractivity contribution in [2.45, 2.75) is 32.2 Å². The van der Waals surface area contributed by atoms with Gasteiger partial charge in [0, 0.05) is 12.5 Å². The highest BCUT2D eigenvalue weighted by atomic mass is 32.1. The van der Waals surface area contributed by atoms with Crippen LogP contribution in [0.5, 0.6) is 5.75 Å². The van der Waals surface area contributed by atoms with Gasteiger partial charge in [-0.05, 0) is 12.8 Å². The van der Waals surface area contributed by atoms with Crippen LogP contribution in [0, 0.1) is 0 Å². The molecule has 1 saturated carbocycles. The van der Waals surface area contributed by atoms with Crippen LogP contribution in [0.4, 0.5) is 10.7 Å². The number of nitrogens with one attached hydrogen (secondary N) is 1. The minimum atomic E-state index is 0.0737. The Morgan fingerprint density at radius 1 is 1.62 bits per heavy atom. The lowest BCUT2D eigenvalue weighted by atomic mass is 10.2. The molecule has 4 nitrogen and oxygen atoms in total. The molecule has 3 N–H and O–H groups in total. The number of thiophene rings is 1. The van der Waals surface area contributed by atoms with Crippen LogP contribution in [0.2, 0.25) is 0 Å². The second-order valence-corrected chi connectivity index (χ2v) is 4.92. The Labute approximate surface area is 98.8 Å². The summed E-state index contributed by atoms with van der Waals surface area (Å²) in [6.07, 6.45) is 2.83. The van der Waals surface area contributed by atoms with Gasteiger partial charge in [-0.25, -0.2) is 0 Å². The topological polar surface area (TPSA) is 64.3 Å². The van der Waals surface area contributed by atoms with Crippen LogP contribution in [0.1, 0.15) is 35.9 Å². The molecule has 1 aromatic heterocycles. The summed E-state index contributed by atoms with van der Waals surface area (Å²) in [7, 11) is 1.58. The number of ether oxygens (including phenoxy) is 1. The van der Waals surface area contributed by atoms with Crippen molar-refractivity contribution in [2.75, 3.05) is 18.2 Å². The third-order valence-corrected chi connectivity index (χ3v) is 3.75. The zero-order valence-electron chi connectivity index (χ0n) is 9.50. The third kappa shape index (κ3) is 2.00. The van der Waals surface area contributed by atoms with Gasteiger partial charge in [-0.1, -0.05) is 6.92 Å². The Morgan fingerprint density at radius 2 is 2.31 bits per heavy atom. The van der Waals surface area contributed by atoms with Gasteiger partial charge in [0.15, 0.2) is 11.5 Å². The first-order valence-electron chi connectivity index (χ1n) is 5.43. The van der Waals surface area contributed by atoms with Gasteiger partial charge in [0.05, 0.1) is 17.7 Å². The normalized spacial score (nSPS) is 14.9. The van der Waals surface area contributed by atoms with E-state index >= 15 is 0 Å². The SMILES string of the molecule is CCC(=O)c1sc(NC2CC2)c(OC)c1N. The van der Waals surface area contributed by atoms with E-state index in [-0.39, 0.29) is 5.78 Å². The van der Waals surface area contributed by atoms with E-state index in [9.17, 15) is 4.79 Å². The maximum atomic E-state index is 11.7. The Bertz CT molecular complexity index is 410. The summed E-state index contributed by atoms with van der Waals surface area (Å²) >= 11 is 1.40. The minimum absolute atomic E-state index is 0.0737. The van der Waals surface area contributed by atoms with Crippen molar-refractivity contribution < 1.29 is 9.53 Å². The van der Waals surface area contributed by atoms with Crippen LogP contribution >= 0.6 is 11.3 Å². The minimum Gasteiger partial charge on any atom is -0.492 e. The van der Waals surface area contributed by atoms with Gasteiger partial charge < -0.3 is 15.8 Å². The van der Waals surface area contributed by atoms with Crippen LogP contribution in [0.3, 0.4) is 0 Å². The number of rotatable bonds is 5. The third-order valence-electron chi connectivity index (χ3n) is 2.59. The monoisotopic (exact) mass is 240 g/mol. The highest BCUT2D eigenvalue weighted by molar-refractivity contribution is 7.19. The fourth-order valence-corrected chi connectivity index (χ4v) is 2.68. The van der Waals surface area contributed by atoms with Crippen molar-refractivity contribution in [3.63, 3.8) is 0 Å². The summed E-state index contributed by atoms with van der Waals surface area (Å²) in [6, 6.07) is 0.525. The van der Waals surface area contributed by atoms with Gasteiger partial charge in [0.2, 0.25) is 0 Å². The number of Topliss-reactive ketones (excluding diaryl/α,β-unsaturated/α-hetero) is 1. The molecule has 0 bridgehead atoms. The van der Waals surface area contributed by atoms with Gasteiger partial charge in [-0.3, -0.25) is 4.79 Å². The van der Waals surface area contributed by atoms with E-state index in [1.807, 2.05) is 6.92 Å². The molecule has 0 radical (unpaired) electrons. The molecule has 0 saturated heterocycles. The molecule has 0 aliphatic heterocycles. The highest BCUT2D eigenvalue weighted by Crippen LogP contribution is 2.44. The van der Waals surface area contributed by atoms with Crippen LogP contribution < -0.4 is 15.8 Å². The summed E-state index contributed by atoms with van der Waals surface area (Å²) in [5.41, 5.74) is 6.39. The average Bonchev–Trinajstić information content (AvgIpc) is 3.03. The van der Waals surface area contributed by atoms with E-state index in [2.05, 4.69) is 5.32 Å². The molecular weight excluding hydrogens is 224 g/mol.